The van der Waals surface area contributed by atoms with Crippen LogP contribution in [0.4, 0.5) is 4.39 Å². The van der Waals surface area contributed by atoms with E-state index in [9.17, 15) is 4.39 Å². The molecule has 1 aromatic heterocycles. The van der Waals surface area contributed by atoms with Crippen LogP contribution in [-0.4, -0.2) is 35.1 Å². The standard InChI is InChI=1S/C14H19FN2O/c1-9-5-13(15)14(16-8-9)18-12-6-10-3-4-11(7-12)17(10)2/h5,8,10-12H,3-4,6-7H2,1-2H3. The predicted octanol–water partition coefficient (Wildman–Crippen LogP) is 2.53. The third-order valence-electron chi connectivity index (χ3n) is 4.28. The Morgan fingerprint density at radius 1 is 1.33 bits per heavy atom. The van der Waals surface area contributed by atoms with Crippen LogP contribution in [0.15, 0.2) is 12.3 Å². The number of pyridine rings is 1. The molecule has 98 valence electrons. The lowest BCUT2D eigenvalue weighted by Crippen LogP contribution is -2.44. The van der Waals surface area contributed by atoms with Crippen molar-refractivity contribution in [1.29, 1.82) is 0 Å². The highest BCUT2D eigenvalue weighted by Gasteiger charge is 2.39. The third kappa shape index (κ3) is 2.09. The minimum atomic E-state index is -0.346. The van der Waals surface area contributed by atoms with E-state index in [-0.39, 0.29) is 17.8 Å². The van der Waals surface area contributed by atoms with Gasteiger partial charge in [-0.15, -0.1) is 0 Å². The number of aromatic nitrogens is 1. The Kier molecular flexibility index (Phi) is 2.98. The number of hydrogen-bond donors (Lipinski definition) is 0. The highest BCUT2D eigenvalue weighted by atomic mass is 19.1. The van der Waals surface area contributed by atoms with Crippen molar-refractivity contribution in [2.45, 2.75) is 50.8 Å². The van der Waals surface area contributed by atoms with Crippen molar-refractivity contribution in [3.63, 3.8) is 0 Å². The summed E-state index contributed by atoms with van der Waals surface area (Å²) in [7, 11) is 2.18. The molecule has 2 saturated heterocycles. The molecule has 2 bridgehead atoms. The van der Waals surface area contributed by atoms with Gasteiger partial charge >= 0.3 is 0 Å². The maximum atomic E-state index is 13.7. The molecule has 2 unspecified atom stereocenters. The summed E-state index contributed by atoms with van der Waals surface area (Å²) >= 11 is 0. The molecule has 0 N–H and O–H groups in total. The first-order valence-electron chi connectivity index (χ1n) is 6.64. The monoisotopic (exact) mass is 250 g/mol. The number of rotatable bonds is 2. The second-order valence-electron chi connectivity index (χ2n) is 5.56. The van der Waals surface area contributed by atoms with Crippen molar-refractivity contribution in [2.24, 2.45) is 0 Å². The van der Waals surface area contributed by atoms with Gasteiger partial charge in [-0.1, -0.05) is 0 Å². The Bertz CT molecular complexity index is 437. The molecule has 1 aromatic rings. The summed E-state index contributed by atoms with van der Waals surface area (Å²) in [6, 6.07) is 2.68. The van der Waals surface area contributed by atoms with Gasteiger partial charge in [0.05, 0.1) is 0 Å². The van der Waals surface area contributed by atoms with Gasteiger partial charge in [0, 0.05) is 18.3 Å². The molecule has 0 radical (unpaired) electrons. The molecule has 3 nitrogen and oxygen atoms in total. The molecule has 2 aliphatic rings. The average Bonchev–Trinajstić information content (AvgIpc) is 2.57. The molecule has 2 aliphatic heterocycles. The van der Waals surface area contributed by atoms with Crippen LogP contribution in [0.25, 0.3) is 0 Å². The molecule has 0 aromatic carbocycles. The lowest BCUT2D eigenvalue weighted by atomic mass is 10.0. The van der Waals surface area contributed by atoms with Gasteiger partial charge in [-0.25, -0.2) is 9.37 Å². The summed E-state index contributed by atoms with van der Waals surface area (Å²) in [4.78, 5) is 6.49. The first-order valence-corrected chi connectivity index (χ1v) is 6.64. The maximum Gasteiger partial charge on any atom is 0.250 e. The molecule has 3 heterocycles. The van der Waals surface area contributed by atoms with Gasteiger partial charge in [0.1, 0.15) is 6.10 Å². The summed E-state index contributed by atoms with van der Waals surface area (Å²) in [6.07, 6.45) is 6.23. The number of hydrogen-bond acceptors (Lipinski definition) is 3. The molecule has 3 rings (SSSR count). The minimum Gasteiger partial charge on any atom is -0.472 e. The first kappa shape index (κ1) is 11.9. The number of halogens is 1. The summed E-state index contributed by atoms with van der Waals surface area (Å²) in [6.45, 7) is 1.83. The number of nitrogens with zero attached hydrogens (tertiary/aromatic N) is 2. The van der Waals surface area contributed by atoms with Crippen LogP contribution in [0, 0.1) is 12.7 Å². The fourth-order valence-corrected chi connectivity index (χ4v) is 3.22. The van der Waals surface area contributed by atoms with Gasteiger partial charge in [0.2, 0.25) is 0 Å². The molecule has 0 spiro atoms. The zero-order valence-corrected chi connectivity index (χ0v) is 10.9. The van der Waals surface area contributed by atoms with E-state index in [1.54, 1.807) is 6.20 Å². The smallest absolute Gasteiger partial charge is 0.250 e. The second-order valence-corrected chi connectivity index (χ2v) is 5.56. The highest BCUT2D eigenvalue weighted by molar-refractivity contribution is 5.19. The van der Waals surface area contributed by atoms with Crippen molar-refractivity contribution in [1.82, 2.24) is 9.88 Å². The normalized spacial score (nSPS) is 31.6. The summed E-state index contributed by atoms with van der Waals surface area (Å²) in [5, 5.41) is 0. The van der Waals surface area contributed by atoms with Gasteiger partial charge in [0.15, 0.2) is 5.82 Å². The van der Waals surface area contributed by atoms with Crippen LogP contribution in [0.5, 0.6) is 5.88 Å². The maximum absolute atomic E-state index is 13.7. The van der Waals surface area contributed by atoms with E-state index in [4.69, 9.17) is 4.74 Å². The van der Waals surface area contributed by atoms with Crippen LogP contribution in [0.1, 0.15) is 31.2 Å². The lowest BCUT2D eigenvalue weighted by molar-refractivity contribution is 0.0604. The Hall–Kier alpha value is -1.16. The van der Waals surface area contributed by atoms with E-state index in [1.165, 1.54) is 18.9 Å². The van der Waals surface area contributed by atoms with Crippen LogP contribution in [0.2, 0.25) is 0 Å². The first-order chi connectivity index (χ1) is 8.63. The number of aryl methyl sites for hydroxylation is 1. The van der Waals surface area contributed by atoms with Gasteiger partial charge in [0.25, 0.3) is 5.88 Å². The molecule has 0 aliphatic carbocycles. The van der Waals surface area contributed by atoms with Gasteiger partial charge in [-0.2, -0.15) is 0 Å². The number of ether oxygens (including phenoxy) is 1. The predicted molar refractivity (Wildman–Crippen MR) is 67.2 cm³/mol. The quantitative estimate of drug-likeness (QED) is 0.806. The Morgan fingerprint density at radius 3 is 2.61 bits per heavy atom. The molecule has 2 atom stereocenters. The van der Waals surface area contributed by atoms with Crippen molar-refractivity contribution in [2.75, 3.05) is 7.05 Å². The van der Waals surface area contributed by atoms with Crippen molar-refractivity contribution < 1.29 is 9.13 Å². The molecule has 0 saturated carbocycles. The minimum absolute atomic E-state index is 0.114. The zero-order valence-electron chi connectivity index (χ0n) is 10.9. The zero-order chi connectivity index (χ0) is 12.7. The summed E-state index contributed by atoms with van der Waals surface area (Å²) in [5.74, 6) is -0.184. The van der Waals surface area contributed by atoms with E-state index >= 15 is 0 Å². The number of fused-ring (bicyclic) bond motifs is 2. The number of piperidine rings is 1. The van der Waals surface area contributed by atoms with Crippen molar-refractivity contribution in [3.8, 4) is 5.88 Å². The summed E-state index contributed by atoms with van der Waals surface area (Å²) < 4.78 is 19.5. The topological polar surface area (TPSA) is 25.4 Å². The molecular formula is C14H19FN2O. The Balaban J connectivity index is 1.70. The average molecular weight is 250 g/mol. The fraction of sp³-hybridized carbons (Fsp3) is 0.643. The van der Waals surface area contributed by atoms with E-state index in [2.05, 4.69) is 16.9 Å². The van der Waals surface area contributed by atoms with Gasteiger partial charge in [-0.05, 0) is 51.3 Å². The fourth-order valence-electron chi connectivity index (χ4n) is 3.22. The molecular weight excluding hydrogens is 231 g/mol. The second kappa shape index (κ2) is 4.50. The summed E-state index contributed by atoms with van der Waals surface area (Å²) in [5.41, 5.74) is 0.822. The van der Waals surface area contributed by atoms with E-state index < -0.39 is 0 Å². The van der Waals surface area contributed by atoms with Gasteiger partial charge < -0.3 is 9.64 Å². The SMILES string of the molecule is Cc1cnc(OC2CC3CCC(C2)N3C)c(F)c1. The lowest BCUT2D eigenvalue weighted by Gasteiger charge is -2.36. The highest BCUT2D eigenvalue weighted by Crippen LogP contribution is 2.35. The molecule has 2 fully saturated rings. The van der Waals surface area contributed by atoms with Crippen LogP contribution in [0.3, 0.4) is 0 Å². The van der Waals surface area contributed by atoms with Crippen molar-refractivity contribution in [3.05, 3.63) is 23.6 Å². The van der Waals surface area contributed by atoms with E-state index in [0.29, 0.717) is 12.1 Å². The van der Waals surface area contributed by atoms with E-state index in [1.807, 2.05) is 6.92 Å². The van der Waals surface area contributed by atoms with Crippen LogP contribution in [-0.2, 0) is 0 Å². The molecule has 4 heteroatoms. The largest absolute Gasteiger partial charge is 0.472 e. The van der Waals surface area contributed by atoms with Crippen LogP contribution < -0.4 is 4.74 Å². The van der Waals surface area contributed by atoms with Crippen molar-refractivity contribution >= 4 is 0 Å². The van der Waals surface area contributed by atoms with Crippen LogP contribution >= 0.6 is 0 Å². The third-order valence-corrected chi connectivity index (χ3v) is 4.28. The van der Waals surface area contributed by atoms with E-state index in [0.717, 1.165) is 18.4 Å². The Labute approximate surface area is 107 Å². The Morgan fingerprint density at radius 2 is 2.00 bits per heavy atom. The molecule has 0 amide bonds. The van der Waals surface area contributed by atoms with Gasteiger partial charge in [-0.3, -0.25) is 0 Å². The molecule has 18 heavy (non-hydrogen) atoms.